The molecule has 2 amide bonds. The molecule has 43 heavy (non-hydrogen) atoms. The first-order valence-electron chi connectivity index (χ1n) is 14.8. The highest BCUT2D eigenvalue weighted by atomic mass is 32.2. The standard InChI is InChI=1S/C33H39N3O6S/c1-23(2)26-13-14-29(41-3)31(21-26)43(39,40)35-19-16-25(17-20-35)33(38)36-22-30(42-28-12-8-7-11-27(28)36)32(37)34-18-15-24-9-5-4-6-10-24/h4-14,21,23,25,30H,15-20,22H2,1-3H3,(H,34,37)/t30-/m1/s1. The minimum Gasteiger partial charge on any atom is -0.495 e. The van der Waals surface area contributed by atoms with E-state index in [0.717, 1.165) is 11.1 Å². The highest BCUT2D eigenvalue weighted by Gasteiger charge is 2.39. The maximum atomic E-state index is 13.9. The number of sulfonamides is 1. The lowest BCUT2D eigenvalue weighted by Gasteiger charge is -2.38. The number of ether oxygens (including phenoxy) is 2. The maximum absolute atomic E-state index is 13.9. The number of nitrogens with zero attached hydrogens (tertiary/aromatic N) is 2. The smallest absolute Gasteiger partial charge is 0.262 e. The number of hydrogen-bond acceptors (Lipinski definition) is 6. The van der Waals surface area contributed by atoms with Crippen molar-refractivity contribution in [1.82, 2.24) is 9.62 Å². The molecule has 0 aliphatic carbocycles. The third-order valence-corrected chi connectivity index (χ3v) is 10.1. The first kappa shape index (κ1) is 30.6. The van der Waals surface area contributed by atoms with E-state index in [-0.39, 0.29) is 48.2 Å². The average molecular weight is 606 g/mol. The number of anilines is 1. The number of amides is 2. The zero-order valence-corrected chi connectivity index (χ0v) is 25.7. The molecule has 228 valence electrons. The number of carbonyl (C=O) groups excluding carboxylic acids is 2. The van der Waals surface area contributed by atoms with Crippen molar-refractivity contribution in [2.75, 3.05) is 38.2 Å². The largest absolute Gasteiger partial charge is 0.495 e. The number of para-hydroxylation sites is 2. The fraction of sp³-hybridized carbons (Fsp3) is 0.394. The molecule has 3 aromatic carbocycles. The molecule has 5 rings (SSSR count). The van der Waals surface area contributed by atoms with E-state index in [2.05, 4.69) is 5.32 Å². The molecule has 3 aromatic rings. The van der Waals surface area contributed by atoms with Gasteiger partial charge in [0.2, 0.25) is 15.9 Å². The molecule has 0 unspecified atom stereocenters. The summed E-state index contributed by atoms with van der Waals surface area (Å²) < 4.78 is 40.2. The third kappa shape index (κ3) is 6.70. The van der Waals surface area contributed by atoms with Gasteiger partial charge in [0, 0.05) is 25.6 Å². The Balaban J connectivity index is 1.26. The van der Waals surface area contributed by atoms with E-state index in [9.17, 15) is 18.0 Å². The minimum atomic E-state index is -3.82. The van der Waals surface area contributed by atoms with Gasteiger partial charge in [0.25, 0.3) is 5.91 Å². The average Bonchev–Trinajstić information content (AvgIpc) is 3.04. The molecule has 0 radical (unpaired) electrons. The van der Waals surface area contributed by atoms with Crippen LogP contribution in [0.15, 0.2) is 77.7 Å². The van der Waals surface area contributed by atoms with Crippen LogP contribution in [0.5, 0.6) is 11.5 Å². The Hall–Kier alpha value is -3.89. The molecule has 1 fully saturated rings. The van der Waals surface area contributed by atoms with Crippen LogP contribution >= 0.6 is 0 Å². The lowest BCUT2D eigenvalue weighted by atomic mass is 9.95. The summed E-state index contributed by atoms with van der Waals surface area (Å²) in [6.45, 7) is 4.99. The van der Waals surface area contributed by atoms with E-state index < -0.39 is 16.1 Å². The van der Waals surface area contributed by atoms with Crippen molar-refractivity contribution in [3.63, 3.8) is 0 Å². The summed E-state index contributed by atoms with van der Waals surface area (Å²) in [6, 6.07) is 22.4. The van der Waals surface area contributed by atoms with Crippen LogP contribution in [0, 0.1) is 5.92 Å². The molecule has 10 heteroatoms. The van der Waals surface area contributed by atoms with Gasteiger partial charge in [0.1, 0.15) is 16.4 Å². The van der Waals surface area contributed by atoms with Crippen LogP contribution in [0.25, 0.3) is 0 Å². The van der Waals surface area contributed by atoms with Gasteiger partial charge >= 0.3 is 0 Å². The SMILES string of the molecule is COc1ccc(C(C)C)cc1S(=O)(=O)N1CCC(C(=O)N2C[C@H](C(=O)NCCc3ccccc3)Oc3ccccc32)CC1. The summed E-state index contributed by atoms with van der Waals surface area (Å²) in [7, 11) is -2.36. The van der Waals surface area contributed by atoms with E-state index in [1.807, 2.05) is 68.4 Å². The zero-order chi connectivity index (χ0) is 30.6. The Kier molecular flexibility index (Phi) is 9.37. The van der Waals surface area contributed by atoms with Gasteiger partial charge < -0.3 is 19.7 Å². The summed E-state index contributed by atoms with van der Waals surface area (Å²) in [5.74, 6) is 0.150. The lowest BCUT2D eigenvalue weighted by Crippen LogP contribution is -2.53. The molecule has 9 nitrogen and oxygen atoms in total. The topological polar surface area (TPSA) is 105 Å². The Morgan fingerprint density at radius 3 is 2.40 bits per heavy atom. The highest BCUT2D eigenvalue weighted by molar-refractivity contribution is 7.89. The Morgan fingerprint density at radius 1 is 1.00 bits per heavy atom. The summed E-state index contributed by atoms with van der Waals surface area (Å²) in [6.07, 6.45) is 0.582. The van der Waals surface area contributed by atoms with Crippen LogP contribution in [0.4, 0.5) is 5.69 Å². The Bertz CT molecular complexity index is 1550. The summed E-state index contributed by atoms with van der Waals surface area (Å²) in [5.41, 5.74) is 2.65. The van der Waals surface area contributed by atoms with Crippen LogP contribution in [0.1, 0.15) is 43.7 Å². The van der Waals surface area contributed by atoms with Crippen molar-refractivity contribution in [2.24, 2.45) is 5.92 Å². The second-order valence-electron chi connectivity index (χ2n) is 11.3. The van der Waals surface area contributed by atoms with E-state index >= 15 is 0 Å². The summed E-state index contributed by atoms with van der Waals surface area (Å²) in [5, 5.41) is 2.94. The van der Waals surface area contributed by atoms with Gasteiger partial charge in [0.15, 0.2) is 6.10 Å². The summed E-state index contributed by atoms with van der Waals surface area (Å²) in [4.78, 5) is 28.7. The van der Waals surface area contributed by atoms with Gasteiger partial charge in [-0.2, -0.15) is 4.31 Å². The van der Waals surface area contributed by atoms with Crippen molar-refractivity contribution >= 4 is 27.5 Å². The van der Waals surface area contributed by atoms with Crippen molar-refractivity contribution in [3.05, 3.63) is 83.9 Å². The molecule has 0 spiro atoms. The molecule has 0 saturated carbocycles. The van der Waals surface area contributed by atoms with Gasteiger partial charge in [-0.05, 0) is 60.6 Å². The molecule has 2 aliphatic rings. The van der Waals surface area contributed by atoms with Gasteiger partial charge in [-0.15, -0.1) is 0 Å². The van der Waals surface area contributed by atoms with Crippen LogP contribution in [-0.2, 0) is 26.0 Å². The highest BCUT2D eigenvalue weighted by Crippen LogP contribution is 2.37. The van der Waals surface area contributed by atoms with Gasteiger partial charge in [-0.25, -0.2) is 8.42 Å². The van der Waals surface area contributed by atoms with Crippen molar-refractivity contribution in [1.29, 1.82) is 0 Å². The second-order valence-corrected chi connectivity index (χ2v) is 13.2. The molecule has 1 atom stereocenters. The number of hydrogen-bond donors (Lipinski definition) is 1. The molecule has 0 aromatic heterocycles. The van der Waals surface area contributed by atoms with Crippen LogP contribution in [0.3, 0.4) is 0 Å². The van der Waals surface area contributed by atoms with E-state index in [4.69, 9.17) is 9.47 Å². The number of fused-ring (bicyclic) bond motifs is 1. The number of carbonyl (C=O) groups is 2. The van der Waals surface area contributed by atoms with Gasteiger partial charge in [-0.1, -0.05) is 62.4 Å². The lowest BCUT2D eigenvalue weighted by molar-refractivity contribution is -0.129. The number of methoxy groups -OCH3 is 1. The molecule has 2 heterocycles. The second kappa shape index (κ2) is 13.2. The molecule has 0 bridgehead atoms. The maximum Gasteiger partial charge on any atom is 0.262 e. The number of piperidine rings is 1. The van der Waals surface area contributed by atoms with Crippen LogP contribution in [-0.4, -0.2) is 63.9 Å². The fourth-order valence-corrected chi connectivity index (χ4v) is 7.29. The predicted molar refractivity (Wildman–Crippen MR) is 165 cm³/mol. The van der Waals surface area contributed by atoms with Crippen molar-refractivity contribution < 1.29 is 27.5 Å². The first-order chi connectivity index (χ1) is 20.7. The molecular weight excluding hydrogens is 566 g/mol. The monoisotopic (exact) mass is 605 g/mol. The predicted octanol–water partition coefficient (Wildman–Crippen LogP) is 4.37. The van der Waals surface area contributed by atoms with Crippen molar-refractivity contribution in [2.45, 2.75) is 50.0 Å². The quantitative estimate of drug-likeness (QED) is 0.389. The summed E-state index contributed by atoms with van der Waals surface area (Å²) >= 11 is 0. The van der Waals surface area contributed by atoms with Crippen molar-refractivity contribution in [3.8, 4) is 11.5 Å². The normalized spacial score (nSPS) is 17.7. The number of rotatable bonds is 9. The Morgan fingerprint density at radius 2 is 1.70 bits per heavy atom. The van der Waals surface area contributed by atoms with E-state index in [1.54, 1.807) is 23.1 Å². The van der Waals surface area contributed by atoms with Crippen LogP contribution < -0.4 is 19.7 Å². The number of nitrogens with one attached hydrogen (secondary N) is 1. The third-order valence-electron chi connectivity index (χ3n) is 8.16. The zero-order valence-electron chi connectivity index (χ0n) is 24.9. The minimum absolute atomic E-state index is 0.0880. The molecule has 2 aliphatic heterocycles. The fourth-order valence-electron chi connectivity index (χ4n) is 5.62. The molecule has 1 N–H and O–H groups in total. The number of benzene rings is 3. The molecular formula is C33H39N3O6S. The van der Waals surface area contributed by atoms with Crippen LogP contribution in [0.2, 0.25) is 0 Å². The van der Waals surface area contributed by atoms with E-state index in [0.29, 0.717) is 43.0 Å². The van der Waals surface area contributed by atoms with E-state index in [1.165, 1.54) is 11.4 Å². The first-order valence-corrected chi connectivity index (χ1v) is 16.2. The molecule has 1 saturated heterocycles. The van der Waals surface area contributed by atoms with Gasteiger partial charge in [0.05, 0.1) is 19.3 Å². The Labute approximate surface area is 253 Å². The van der Waals surface area contributed by atoms with Gasteiger partial charge in [-0.3, -0.25) is 9.59 Å².